The average molecular weight is 222 g/mol. The van der Waals surface area contributed by atoms with Crippen molar-refractivity contribution in [2.75, 3.05) is 13.7 Å². The maximum atomic E-state index is 5.76. The molecule has 1 heterocycles. The summed E-state index contributed by atoms with van der Waals surface area (Å²) in [5.41, 5.74) is 1.21. The van der Waals surface area contributed by atoms with Gasteiger partial charge in [0.1, 0.15) is 5.75 Å². The van der Waals surface area contributed by atoms with E-state index >= 15 is 0 Å². The first-order valence-electron chi connectivity index (χ1n) is 5.54. The molecule has 1 atom stereocenters. The molecule has 0 aliphatic carbocycles. The van der Waals surface area contributed by atoms with Crippen LogP contribution in [0.4, 0.5) is 0 Å². The molecule has 0 aromatic heterocycles. The van der Waals surface area contributed by atoms with Crippen LogP contribution in [0.2, 0.25) is 0 Å². The zero-order valence-electron chi connectivity index (χ0n) is 10.0. The second-order valence-corrected chi connectivity index (χ2v) is 4.51. The van der Waals surface area contributed by atoms with E-state index in [2.05, 4.69) is 6.07 Å². The van der Waals surface area contributed by atoms with E-state index in [1.165, 1.54) is 5.56 Å². The van der Waals surface area contributed by atoms with E-state index in [1.54, 1.807) is 7.11 Å². The molecule has 0 radical (unpaired) electrons. The van der Waals surface area contributed by atoms with Gasteiger partial charge in [-0.15, -0.1) is 0 Å². The van der Waals surface area contributed by atoms with Gasteiger partial charge in [-0.1, -0.05) is 12.1 Å². The monoisotopic (exact) mass is 222 g/mol. The zero-order valence-corrected chi connectivity index (χ0v) is 10.0. The van der Waals surface area contributed by atoms with Gasteiger partial charge in [-0.05, 0) is 31.5 Å². The summed E-state index contributed by atoms with van der Waals surface area (Å²) in [4.78, 5) is 0. The molecule has 0 N–H and O–H groups in total. The number of hydrogen-bond acceptors (Lipinski definition) is 3. The normalized spacial score (nSPS) is 23.3. The quantitative estimate of drug-likeness (QED) is 0.786. The lowest BCUT2D eigenvalue weighted by atomic mass is 10.1. The third-order valence-electron chi connectivity index (χ3n) is 2.66. The van der Waals surface area contributed by atoms with Gasteiger partial charge in [0.25, 0.3) is 0 Å². The molecule has 1 aliphatic heterocycles. The van der Waals surface area contributed by atoms with Crippen LogP contribution >= 0.6 is 0 Å². The van der Waals surface area contributed by atoms with Crippen molar-refractivity contribution in [3.05, 3.63) is 29.8 Å². The number of hydrogen-bond donors (Lipinski definition) is 0. The van der Waals surface area contributed by atoms with E-state index in [9.17, 15) is 0 Å². The smallest absolute Gasteiger partial charge is 0.163 e. The van der Waals surface area contributed by atoms with Crippen LogP contribution in [0.5, 0.6) is 5.75 Å². The molecule has 1 aromatic carbocycles. The van der Waals surface area contributed by atoms with Crippen molar-refractivity contribution < 1.29 is 14.2 Å². The molecule has 2 rings (SSSR count). The fraction of sp³-hybridized carbons (Fsp3) is 0.538. The third-order valence-corrected chi connectivity index (χ3v) is 2.66. The molecule has 0 saturated carbocycles. The summed E-state index contributed by atoms with van der Waals surface area (Å²) in [7, 11) is 1.68. The Morgan fingerprint density at radius 2 is 2.25 bits per heavy atom. The molecule has 1 fully saturated rings. The van der Waals surface area contributed by atoms with Gasteiger partial charge in [0, 0.05) is 6.42 Å². The average Bonchev–Trinajstić information content (AvgIpc) is 2.58. The van der Waals surface area contributed by atoms with E-state index in [0.29, 0.717) is 6.61 Å². The van der Waals surface area contributed by atoms with E-state index in [-0.39, 0.29) is 6.10 Å². The van der Waals surface area contributed by atoms with Crippen LogP contribution in [0.3, 0.4) is 0 Å². The Bertz CT molecular complexity index is 360. The molecule has 0 bridgehead atoms. The summed E-state index contributed by atoms with van der Waals surface area (Å²) in [6.45, 7) is 4.54. The minimum Gasteiger partial charge on any atom is -0.497 e. The van der Waals surface area contributed by atoms with Crippen molar-refractivity contribution in [3.8, 4) is 5.75 Å². The molecule has 1 saturated heterocycles. The van der Waals surface area contributed by atoms with Gasteiger partial charge in [0.15, 0.2) is 5.79 Å². The topological polar surface area (TPSA) is 27.7 Å². The highest BCUT2D eigenvalue weighted by Gasteiger charge is 2.32. The van der Waals surface area contributed by atoms with Crippen molar-refractivity contribution in [2.45, 2.75) is 32.2 Å². The highest BCUT2D eigenvalue weighted by atomic mass is 16.7. The second kappa shape index (κ2) is 4.44. The van der Waals surface area contributed by atoms with E-state index in [1.807, 2.05) is 32.0 Å². The summed E-state index contributed by atoms with van der Waals surface area (Å²) in [6.07, 6.45) is 1.00. The van der Waals surface area contributed by atoms with Gasteiger partial charge in [-0.3, -0.25) is 0 Å². The lowest BCUT2D eigenvalue weighted by molar-refractivity contribution is -0.138. The minimum absolute atomic E-state index is 0.141. The molecular weight excluding hydrogens is 204 g/mol. The Labute approximate surface area is 96.3 Å². The van der Waals surface area contributed by atoms with E-state index in [0.717, 1.165) is 12.2 Å². The number of ether oxygens (including phenoxy) is 3. The Balaban J connectivity index is 1.99. The number of benzene rings is 1. The maximum absolute atomic E-state index is 5.76. The number of methoxy groups -OCH3 is 1. The lowest BCUT2D eigenvalue weighted by Gasteiger charge is -2.17. The van der Waals surface area contributed by atoms with Gasteiger partial charge in [0.05, 0.1) is 19.8 Å². The van der Waals surface area contributed by atoms with Crippen molar-refractivity contribution in [3.63, 3.8) is 0 Å². The molecule has 16 heavy (non-hydrogen) atoms. The van der Waals surface area contributed by atoms with Crippen LogP contribution in [0.15, 0.2) is 24.3 Å². The van der Waals surface area contributed by atoms with Crippen LogP contribution in [-0.4, -0.2) is 25.6 Å². The Kier molecular flexibility index (Phi) is 3.17. The van der Waals surface area contributed by atoms with Crippen LogP contribution in [0.25, 0.3) is 0 Å². The summed E-state index contributed by atoms with van der Waals surface area (Å²) in [5.74, 6) is 0.444. The first-order chi connectivity index (χ1) is 7.59. The third kappa shape index (κ3) is 2.74. The Morgan fingerprint density at radius 1 is 1.44 bits per heavy atom. The molecule has 3 heteroatoms. The Hall–Kier alpha value is -1.06. The Morgan fingerprint density at radius 3 is 2.88 bits per heavy atom. The number of rotatable bonds is 3. The summed E-state index contributed by atoms with van der Waals surface area (Å²) in [5, 5.41) is 0. The van der Waals surface area contributed by atoms with Gasteiger partial charge in [-0.2, -0.15) is 0 Å². The zero-order chi connectivity index (χ0) is 11.6. The highest BCUT2D eigenvalue weighted by Crippen LogP contribution is 2.25. The van der Waals surface area contributed by atoms with Crippen LogP contribution in [-0.2, 0) is 15.9 Å². The molecule has 88 valence electrons. The van der Waals surface area contributed by atoms with E-state index < -0.39 is 5.79 Å². The maximum Gasteiger partial charge on any atom is 0.163 e. The SMILES string of the molecule is COc1cccc(CC2COC(C)(C)O2)c1. The van der Waals surface area contributed by atoms with Crippen molar-refractivity contribution in [1.29, 1.82) is 0 Å². The van der Waals surface area contributed by atoms with Gasteiger partial charge >= 0.3 is 0 Å². The molecule has 1 aromatic rings. The molecular formula is C13H18O3. The highest BCUT2D eigenvalue weighted by molar-refractivity contribution is 5.28. The molecule has 0 spiro atoms. The molecule has 0 amide bonds. The van der Waals surface area contributed by atoms with Gasteiger partial charge < -0.3 is 14.2 Å². The standard InChI is InChI=1S/C13H18O3/c1-13(2)15-9-12(16-13)8-10-5-4-6-11(7-10)14-3/h4-7,12H,8-9H2,1-3H3. The van der Waals surface area contributed by atoms with Gasteiger partial charge in [0.2, 0.25) is 0 Å². The van der Waals surface area contributed by atoms with Crippen LogP contribution < -0.4 is 4.74 Å². The van der Waals surface area contributed by atoms with Crippen molar-refractivity contribution in [2.24, 2.45) is 0 Å². The first-order valence-corrected chi connectivity index (χ1v) is 5.54. The molecule has 1 aliphatic rings. The van der Waals surface area contributed by atoms with Crippen molar-refractivity contribution >= 4 is 0 Å². The second-order valence-electron chi connectivity index (χ2n) is 4.51. The summed E-state index contributed by atoms with van der Waals surface area (Å²) < 4.78 is 16.5. The summed E-state index contributed by atoms with van der Waals surface area (Å²) in [6, 6.07) is 8.06. The van der Waals surface area contributed by atoms with Crippen LogP contribution in [0.1, 0.15) is 19.4 Å². The largest absolute Gasteiger partial charge is 0.497 e. The lowest BCUT2D eigenvalue weighted by Crippen LogP contribution is -2.22. The van der Waals surface area contributed by atoms with Crippen molar-refractivity contribution in [1.82, 2.24) is 0 Å². The summed E-state index contributed by atoms with van der Waals surface area (Å²) >= 11 is 0. The fourth-order valence-corrected chi connectivity index (χ4v) is 1.93. The first kappa shape index (κ1) is 11.4. The van der Waals surface area contributed by atoms with E-state index in [4.69, 9.17) is 14.2 Å². The predicted octanol–water partition coefficient (Wildman–Crippen LogP) is 2.39. The fourth-order valence-electron chi connectivity index (χ4n) is 1.93. The predicted molar refractivity (Wildman–Crippen MR) is 61.6 cm³/mol. The van der Waals surface area contributed by atoms with Gasteiger partial charge in [-0.25, -0.2) is 0 Å². The van der Waals surface area contributed by atoms with Crippen LogP contribution in [0, 0.1) is 0 Å². The molecule has 1 unspecified atom stereocenters. The molecule has 3 nitrogen and oxygen atoms in total. The minimum atomic E-state index is -0.441.